The highest BCUT2D eigenvalue weighted by molar-refractivity contribution is 5.50. The molecule has 0 atom stereocenters. The van der Waals surface area contributed by atoms with Crippen LogP contribution in [0.2, 0.25) is 0 Å². The molecule has 0 aliphatic heterocycles. The molecule has 0 bridgehead atoms. The third-order valence-corrected chi connectivity index (χ3v) is 1.04. The lowest BCUT2D eigenvalue weighted by molar-refractivity contribution is 0.402. The molecule has 0 amide bonds. The van der Waals surface area contributed by atoms with Crippen LogP contribution in [0.5, 0.6) is 0 Å². The van der Waals surface area contributed by atoms with Crippen LogP contribution >= 0.6 is 0 Å². The van der Waals surface area contributed by atoms with Gasteiger partial charge in [-0.15, -0.1) is 0 Å². The summed E-state index contributed by atoms with van der Waals surface area (Å²) in [5, 5.41) is 3.10. The van der Waals surface area contributed by atoms with E-state index < -0.39 is 0 Å². The maximum atomic E-state index is 5.03. The quantitative estimate of drug-likeness (QED) is 0.298. The molecule has 4 heteroatoms. The zero-order valence-electron chi connectivity index (χ0n) is 6.67. The highest BCUT2D eigenvalue weighted by Gasteiger charge is 1.86. The van der Waals surface area contributed by atoms with Crippen LogP contribution in [0.25, 0.3) is 0 Å². The van der Waals surface area contributed by atoms with Gasteiger partial charge in [0.05, 0.1) is 13.0 Å². The summed E-state index contributed by atoms with van der Waals surface area (Å²) < 4.78 is 0. The van der Waals surface area contributed by atoms with Gasteiger partial charge in [-0.1, -0.05) is 0 Å². The molecule has 10 heavy (non-hydrogen) atoms. The van der Waals surface area contributed by atoms with Crippen LogP contribution in [-0.4, -0.2) is 45.1 Å². The Hall–Kier alpha value is -0.610. The highest BCUT2D eigenvalue weighted by atomic mass is 15.1. The molecule has 0 radical (unpaired) electrons. The van der Waals surface area contributed by atoms with E-state index >= 15 is 0 Å². The predicted molar refractivity (Wildman–Crippen MR) is 44.1 cm³/mol. The molecule has 3 N–H and O–H groups in total. The van der Waals surface area contributed by atoms with Gasteiger partial charge in [0.15, 0.2) is 0 Å². The van der Waals surface area contributed by atoms with Gasteiger partial charge in [0, 0.05) is 13.1 Å². The molecule has 0 aromatic heterocycles. The van der Waals surface area contributed by atoms with Crippen LogP contribution in [0.4, 0.5) is 0 Å². The van der Waals surface area contributed by atoms with Crippen molar-refractivity contribution >= 4 is 6.34 Å². The van der Waals surface area contributed by atoms with E-state index in [9.17, 15) is 0 Å². The second kappa shape index (κ2) is 6.51. The Labute approximate surface area is 62.1 Å². The topological polar surface area (TPSA) is 53.6 Å². The second-order valence-corrected chi connectivity index (χ2v) is 2.29. The van der Waals surface area contributed by atoms with Crippen molar-refractivity contribution in [2.75, 3.05) is 33.9 Å². The average molecular weight is 144 g/mol. The summed E-state index contributed by atoms with van der Waals surface area (Å²) in [6.45, 7) is 2.59. The lowest BCUT2D eigenvalue weighted by Crippen LogP contribution is -2.26. The van der Waals surface area contributed by atoms with Crippen molar-refractivity contribution in [3.63, 3.8) is 0 Å². The van der Waals surface area contributed by atoms with Gasteiger partial charge in [0.1, 0.15) is 0 Å². The van der Waals surface area contributed by atoms with Crippen molar-refractivity contribution in [2.24, 2.45) is 10.7 Å². The van der Waals surface area contributed by atoms with E-state index in [4.69, 9.17) is 5.73 Å². The monoisotopic (exact) mass is 144 g/mol. The van der Waals surface area contributed by atoms with E-state index in [0.29, 0.717) is 6.67 Å². The number of rotatable bonds is 5. The summed E-state index contributed by atoms with van der Waals surface area (Å²) in [6, 6.07) is 0. The minimum absolute atomic E-state index is 0.615. The van der Waals surface area contributed by atoms with Gasteiger partial charge in [-0.3, -0.25) is 10.3 Å². The molecule has 0 spiro atoms. The highest BCUT2D eigenvalue weighted by Crippen LogP contribution is 1.69. The van der Waals surface area contributed by atoms with E-state index in [1.165, 1.54) is 6.34 Å². The van der Waals surface area contributed by atoms with Crippen molar-refractivity contribution in [3.05, 3.63) is 0 Å². The SMILES string of the molecule is CN(C)CCNC/N=C/N. The van der Waals surface area contributed by atoms with Crippen molar-refractivity contribution in [1.82, 2.24) is 10.2 Å². The van der Waals surface area contributed by atoms with E-state index in [-0.39, 0.29) is 0 Å². The first kappa shape index (κ1) is 9.39. The van der Waals surface area contributed by atoms with Crippen LogP contribution in [0.1, 0.15) is 0 Å². The zero-order valence-corrected chi connectivity index (χ0v) is 6.67. The minimum atomic E-state index is 0.615. The lowest BCUT2D eigenvalue weighted by Gasteiger charge is -2.08. The summed E-state index contributed by atoms with van der Waals surface area (Å²) in [5.74, 6) is 0. The normalized spacial score (nSPS) is 11.5. The Morgan fingerprint density at radius 3 is 2.80 bits per heavy atom. The molecule has 0 aromatic rings. The molecule has 0 saturated heterocycles. The van der Waals surface area contributed by atoms with Gasteiger partial charge in [-0.2, -0.15) is 0 Å². The van der Waals surface area contributed by atoms with Crippen LogP contribution in [0.15, 0.2) is 4.99 Å². The molecular formula is C6H16N4. The summed E-state index contributed by atoms with van der Waals surface area (Å²) in [4.78, 5) is 5.90. The molecule has 0 unspecified atom stereocenters. The third kappa shape index (κ3) is 7.39. The number of nitrogens with two attached hydrogens (primary N) is 1. The van der Waals surface area contributed by atoms with E-state index in [1.807, 2.05) is 14.1 Å². The van der Waals surface area contributed by atoms with Crippen LogP contribution in [-0.2, 0) is 0 Å². The van der Waals surface area contributed by atoms with Crippen molar-refractivity contribution in [2.45, 2.75) is 0 Å². The number of nitrogens with zero attached hydrogens (tertiary/aromatic N) is 2. The van der Waals surface area contributed by atoms with Gasteiger partial charge < -0.3 is 10.6 Å². The molecule has 0 saturated carbocycles. The van der Waals surface area contributed by atoms with Crippen molar-refractivity contribution < 1.29 is 0 Å². The first-order valence-electron chi connectivity index (χ1n) is 3.33. The smallest absolute Gasteiger partial charge is 0.0902 e. The van der Waals surface area contributed by atoms with Crippen molar-refractivity contribution in [1.29, 1.82) is 0 Å². The first-order valence-corrected chi connectivity index (χ1v) is 3.33. The summed E-state index contributed by atoms with van der Waals surface area (Å²) >= 11 is 0. The second-order valence-electron chi connectivity index (χ2n) is 2.29. The lowest BCUT2D eigenvalue weighted by atomic mass is 10.6. The fraction of sp³-hybridized carbons (Fsp3) is 0.833. The standard InChI is InChI=1S/C6H16N4/c1-10(2)4-3-8-6-9-5-7/h5,8H,3-4,6H2,1-2H3,(H2,7,9). The van der Waals surface area contributed by atoms with Crippen molar-refractivity contribution in [3.8, 4) is 0 Å². The van der Waals surface area contributed by atoms with Crippen LogP contribution in [0, 0.1) is 0 Å². The fourth-order valence-electron chi connectivity index (χ4n) is 0.499. The summed E-state index contributed by atoms with van der Waals surface area (Å²) in [5.41, 5.74) is 5.03. The van der Waals surface area contributed by atoms with Crippen LogP contribution in [0.3, 0.4) is 0 Å². The number of hydrogen-bond donors (Lipinski definition) is 2. The summed E-state index contributed by atoms with van der Waals surface area (Å²) in [6.07, 6.45) is 1.31. The Balaban J connectivity index is 2.91. The molecule has 60 valence electrons. The molecule has 0 aliphatic rings. The molecule has 0 fully saturated rings. The average Bonchev–Trinajstić information content (AvgIpc) is 1.87. The number of aliphatic imine (C=N–C) groups is 1. The van der Waals surface area contributed by atoms with Gasteiger partial charge >= 0.3 is 0 Å². The Kier molecular flexibility index (Phi) is 6.11. The zero-order chi connectivity index (χ0) is 7.82. The minimum Gasteiger partial charge on any atom is -0.390 e. The largest absolute Gasteiger partial charge is 0.390 e. The van der Waals surface area contributed by atoms with E-state index in [0.717, 1.165) is 13.1 Å². The third-order valence-electron chi connectivity index (χ3n) is 1.04. The maximum Gasteiger partial charge on any atom is 0.0902 e. The summed E-state index contributed by atoms with van der Waals surface area (Å²) in [7, 11) is 4.07. The van der Waals surface area contributed by atoms with Gasteiger partial charge in [0.25, 0.3) is 0 Å². The predicted octanol–water partition coefficient (Wildman–Crippen LogP) is -0.918. The Morgan fingerprint density at radius 1 is 1.60 bits per heavy atom. The molecule has 0 heterocycles. The van der Waals surface area contributed by atoms with Crippen LogP contribution < -0.4 is 11.1 Å². The van der Waals surface area contributed by atoms with Gasteiger partial charge in [0.2, 0.25) is 0 Å². The maximum absolute atomic E-state index is 5.03. The fourth-order valence-corrected chi connectivity index (χ4v) is 0.499. The van der Waals surface area contributed by atoms with Gasteiger partial charge in [-0.25, -0.2) is 0 Å². The van der Waals surface area contributed by atoms with Gasteiger partial charge in [-0.05, 0) is 14.1 Å². The Morgan fingerprint density at radius 2 is 2.30 bits per heavy atom. The number of likely N-dealkylation sites (N-methyl/N-ethyl adjacent to an activating group) is 1. The number of nitrogens with one attached hydrogen (secondary N) is 1. The first-order chi connectivity index (χ1) is 4.77. The van der Waals surface area contributed by atoms with E-state index in [2.05, 4.69) is 15.2 Å². The van der Waals surface area contributed by atoms with E-state index in [1.54, 1.807) is 0 Å². The molecule has 0 rings (SSSR count). The molecule has 0 aliphatic carbocycles. The molecular weight excluding hydrogens is 128 g/mol. The number of hydrogen-bond acceptors (Lipinski definition) is 3. The molecule has 4 nitrogen and oxygen atoms in total. The Bertz CT molecular complexity index is 89.7. The molecule has 0 aromatic carbocycles.